The molecule has 0 heterocycles. The zero-order chi connectivity index (χ0) is 74.7. The second kappa shape index (κ2) is 79.0. The average Bonchev–Trinajstić information content (AvgIpc) is 0.811. The number of aliphatic hydroxyl groups excluding tert-OH is 4. The first-order valence-electron chi connectivity index (χ1n) is 42.2. The van der Waals surface area contributed by atoms with Crippen molar-refractivity contribution in [3.63, 3.8) is 0 Å². The van der Waals surface area contributed by atoms with Gasteiger partial charge in [0.1, 0.15) is 6.10 Å². The fraction of sp³-hybridized carbons (Fsp3) is 0.951. The molecule has 14 radical (unpaired) electrons. The summed E-state index contributed by atoms with van der Waals surface area (Å²) in [6, 6.07) is 0. The van der Waals surface area contributed by atoms with Crippen molar-refractivity contribution < 1.29 is 130 Å². The third-order valence-corrected chi connectivity index (χ3v) is 21.8. The number of phosphoric ester groups is 1. The molecule has 0 saturated heterocycles. The topological polar surface area (TPSA) is 281 Å². The molecular weight excluding hydrogens is 1310 g/mol. The number of Topliss-reactive ketones (excluding diaryl/α,β-unsaturated/α-hetero) is 4. The Morgan fingerprint density at radius 3 is 0.580 bits per heavy atom. The van der Waals surface area contributed by atoms with Crippen molar-refractivity contribution in [1.82, 2.24) is 0 Å². The molecular formula is C81H157Na2O16P. The Bertz CT molecular complexity index is 1600. The molecule has 3 atom stereocenters. The normalized spacial score (nSPS) is 12.8. The third kappa shape index (κ3) is 64.5. The van der Waals surface area contributed by atoms with E-state index in [0.29, 0.717) is 25.7 Å². The van der Waals surface area contributed by atoms with E-state index in [9.17, 15) is 54.0 Å². The van der Waals surface area contributed by atoms with E-state index in [1.54, 1.807) is 0 Å². The van der Waals surface area contributed by atoms with Crippen molar-refractivity contribution in [3.05, 3.63) is 0 Å². The van der Waals surface area contributed by atoms with Crippen molar-refractivity contribution in [2.24, 2.45) is 0 Å². The SMILES string of the molecule is CCCCCCCCCCCCCCCCCC(=O)C(O)(C(=O)CCCCCCCCCCCCCCCCC)[C@@H](CO)[O][Na+].CCCCCCCCCCCCCCCCCC(=O)C(O)(C(=O)CCCCCCCCCCCCCCCCC)[C@@H](CO)[O][Na+].O=P([O-])([O-])OCC(O)CO. The van der Waals surface area contributed by atoms with Crippen LogP contribution in [0, 0.1) is 0 Å². The van der Waals surface area contributed by atoms with Crippen LogP contribution in [-0.4, -0.2) is 110 Å². The summed E-state index contributed by atoms with van der Waals surface area (Å²) in [5.74, 6) is -1.90. The van der Waals surface area contributed by atoms with Crippen LogP contribution in [0.1, 0.15) is 439 Å². The van der Waals surface area contributed by atoms with Gasteiger partial charge in [-0.05, 0) is 0 Å². The number of phosphoric acid groups is 1. The number of carbonyl (C=O) groups excluding carboxylic acids is 4. The van der Waals surface area contributed by atoms with Gasteiger partial charge in [0.05, 0.1) is 21.0 Å². The predicted molar refractivity (Wildman–Crippen MR) is 399 cm³/mol. The Morgan fingerprint density at radius 2 is 0.460 bits per heavy atom. The molecule has 0 aromatic carbocycles. The molecule has 0 aliphatic rings. The van der Waals surface area contributed by atoms with Gasteiger partial charge < -0.3 is 29.1 Å². The summed E-state index contributed by atoms with van der Waals surface area (Å²) < 4.78 is 24.0. The Morgan fingerprint density at radius 1 is 0.310 bits per heavy atom. The Hall–Kier alpha value is 0.470. The monoisotopic (exact) mass is 1460 g/mol. The van der Waals surface area contributed by atoms with Gasteiger partial charge in [0.25, 0.3) is 0 Å². The molecule has 1 unspecified atom stereocenters. The number of unbranched alkanes of at least 4 members (excludes halogenated alkanes) is 56. The van der Waals surface area contributed by atoms with Crippen LogP contribution in [0.3, 0.4) is 0 Å². The second-order valence-electron chi connectivity index (χ2n) is 29.4. The predicted octanol–water partition coefficient (Wildman–Crippen LogP) is 13.6. The van der Waals surface area contributed by atoms with Gasteiger partial charge in [0.2, 0.25) is 0 Å². The number of aliphatic hydroxyl groups is 6. The minimum Gasteiger partial charge on any atom is -0.790 e. The van der Waals surface area contributed by atoms with Gasteiger partial charge in [0.15, 0.2) is 0 Å². The molecule has 0 fully saturated rings. The zero-order valence-electron chi connectivity index (χ0n) is 66.0. The number of ketones is 4. The van der Waals surface area contributed by atoms with Crippen LogP contribution in [0.5, 0.6) is 0 Å². The van der Waals surface area contributed by atoms with Crippen LogP contribution in [0.2, 0.25) is 0 Å². The van der Waals surface area contributed by atoms with E-state index in [-0.39, 0.29) is 82.5 Å². The quantitative estimate of drug-likeness (QED) is 0.0143. The maximum absolute atomic E-state index is 13.1. The number of hydrogen-bond acceptors (Lipinski definition) is 16. The Labute approximate surface area is 650 Å². The summed E-state index contributed by atoms with van der Waals surface area (Å²) in [7, 11) is -5.00. The van der Waals surface area contributed by atoms with Crippen LogP contribution in [0.25, 0.3) is 0 Å². The van der Waals surface area contributed by atoms with Crippen LogP contribution in [0.15, 0.2) is 0 Å². The Kier molecular flexibility index (Phi) is 82.7. The molecule has 0 spiro atoms. The minimum atomic E-state index is -5.00. The summed E-state index contributed by atoms with van der Waals surface area (Å²) in [6.07, 6.45) is 71.9. The van der Waals surface area contributed by atoms with E-state index in [4.69, 9.17) is 15.1 Å². The molecule has 0 amide bonds. The van der Waals surface area contributed by atoms with E-state index >= 15 is 0 Å². The first kappa shape index (κ1) is 105. The van der Waals surface area contributed by atoms with Crippen molar-refractivity contribution in [3.8, 4) is 0 Å². The summed E-state index contributed by atoms with van der Waals surface area (Å²) in [5, 5.41) is 58.7. The molecule has 0 aliphatic carbocycles. The number of carbonyl (C=O) groups is 4. The van der Waals surface area contributed by atoms with Crippen LogP contribution < -0.4 is 66.6 Å². The van der Waals surface area contributed by atoms with E-state index < -0.39 is 86.9 Å². The molecule has 0 saturated carbocycles. The van der Waals surface area contributed by atoms with E-state index in [1.165, 1.54) is 308 Å². The molecule has 0 aromatic heterocycles. The maximum atomic E-state index is 13.1. The smallest absolute Gasteiger partial charge is 0.101 e. The van der Waals surface area contributed by atoms with Gasteiger partial charge >= 0.3 is 366 Å². The molecule has 0 bridgehead atoms. The first-order valence-corrected chi connectivity index (χ1v) is 45.3. The van der Waals surface area contributed by atoms with E-state index in [2.05, 4.69) is 32.2 Å². The van der Waals surface area contributed by atoms with Gasteiger partial charge in [-0.25, -0.2) is 0 Å². The molecule has 19 heteroatoms. The summed E-state index contributed by atoms with van der Waals surface area (Å²) >= 11 is 0.487. The zero-order valence-corrected chi connectivity index (χ0v) is 70.9. The maximum Gasteiger partial charge on any atom is 0.101 e. The molecule has 0 aromatic rings. The summed E-state index contributed by atoms with van der Waals surface area (Å²) in [6.45, 7) is 6.69. The fourth-order valence-corrected chi connectivity index (χ4v) is 14.7. The molecule has 6 N–H and O–H groups in total. The second-order valence-corrected chi connectivity index (χ2v) is 31.5. The molecule has 0 aliphatic heterocycles. The van der Waals surface area contributed by atoms with Gasteiger partial charge in [-0.1, -0.05) is 233 Å². The third-order valence-electron chi connectivity index (χ3n) is 20.2. The molecule has 0 rings (SSSR count). The van der Waals surface area contributed by atoms with Crippen molar-refractivity contribution >= 4 is 31.0 Å². The standard InChI is InChI=1S/2C39H75O5.C3H9O6P.2Na/c2*1-3-5-7-9-11-13-15-17-19-21-23-25-27-29-31-33-36(41)39(44,38(43)35-40)37(42)34-32-30-28-26-24-22-20-18-16-14-12-10-8-6-4-2;4-1-3(5)2-9-10(6,7)8;;/h2*38,40,44H,3-35H2,1-2H3;3-5H,1-2H2,(H2,6,7,8);;/q2*-1;;2*+2/p-2/t2*38-;;;/m11.../s1. The van der Waals surface area contributed by atoms with Crippen molar-refractivity contribution in [2.75, 3.05) is 26.4 Å². The molecule has 16 nitrogen and oxygen atoms in total. The Balaban J connectivity index is -0.00000165. The van der Waals surface area contributed by atoms with Crippen LogP contribution in [-0.2, 0) is 33.1 Å². The molecule has 100 heavy (non-hydrogen) atoms. The van der Waals surface area contributed by atoms with E-state index in [1.807, 2.05) is 0 Å². The van der Waals surface area contributed by atoms with Crippen molar-refractivity contribution in [2.45, 2.75) is 468 Å². The van der Waals surface area contributed by atoms with Crippen LogP contribution in [0.4, 0.5) is 0 Å². The number of hydrogen-bond donors (Lipinski definition) is 6. The van der Waals surface area contributed by atoms with E-state index in [0.717, 1.165) is 51.4 Å². The van der Waals surface area contributed by atoms with Crippen LogP contribution >= 0.6 is 7.82 Å². The van der Waals surface area contributed by atoms with Gasteiger partial charge in [-0.15, -0.1) is 0 Å². The first-order chi connectivity index (χ1) is 48.4. The van der Waals surface area contributed by atoms with Crippen molar-refractivity contribution in [1.29, 1.82) is 0 Å². The summed E-state index contributed by atoms with van der Waals surface area (Å²) in [4.78, 5) is 71.9. The minimum absolute atomic E-state index is 0.167. The van der Waals surface area contributed by atoms with Gasteiger partial charge in [0, 0.05) is 0 Å². The fourth-order valence-electron chi connectivity index (χ4n) is 13.4. The molecule has 584 valence electrons. The number of rotatable bonds is 78. The largest absolute Gasteiger partial charge is 0.790 e. The van der Waals surface area contributed by atoms with Gasteiger partial charge in [-0.3, -0.25) is 0 Å². The average molecular weight is 1460 g/mol. The summed E-state index contributed by atoms with van der Waals surface area (Å²) in [5.41, 5.74) is -4.41. The van der Waals surface area contributed by atoms with Gasteiger partial charge in [-0.2, -0.15) is 0 Å².